The fraction of sp³-hybridized carbons (Fsp3) is 0.385. The van der Waals surface area contributed by atoms with Crippen molar-refractivity contribution < 1.29 is 9.59 Å². The van der Waals surface area contributed by atoms with Crippen molar-refractivity contribution in [3.05, 3.63) is 29.2 Å². The molecule has 0 aliphatic carbocycles. The molecular formula is C13H17N5O2. The van der Waals surface area contributed by atoms with Crippen molar-refractivity contribution in [2.45, 2.75) is 20.8 Å². The first-order chi connectivity index (χ1) is 9.49. The van der Waals surface area contributed by atoms with Crippen molar-refractivity contribution in [3.8, 4) is 0 Å². The van der Waals surface area contributed by atoms with Gasteiger partial charge in [-0.1, -0.05) is 0 Å². The second-order valence-corrected chi connectivity index (χ2v) is 4.57. The smallest absolute Gasteiger partial charge is 0.256 e. The summed E-state index contributed by atoms with van der Waals surface area (Å²) < 4.78 is 1.63. The molecule has 2 aromatic rings. The van der Waals surface area contributed by atoms with Crippen LogP contribution in [0.3, 0.4) is 0 Å². The topological polar surface area (TPSA) is 88.4 Å². The lowest BCUT2D eigenvalue weighted by atomic mass is 10.3. The molecule has 0 aliphatic heterocycles. The maximum absolute atomic E-state index is 12.1. The fourth-order valence-electron chi connectivity index (χ4n) is 1.94. The highest BCUT2D eigenvalue weighted by Gasteiger charge is 2.14. The third kappa shape index (κ3) is 2.93. The van der Waals surface area contributed by atoms with Gasteiger partial charge in [-0.2, -0.15) is 5.10 Å². The van der Waals surface area contributed by atoms with E-state index in [1.165, 1.54) is 13.1 Å². The monoisotopic (exact) mass is 275 g/mol. The van der Waals surface area contributed by atoms with E-state index in [-0.39, 0.29) is 11.8 Å². The molecule has 20 heavy (non-hydrogen) atoms. The third-order valence-corrected chi connectivity index (χ3v) is 2.81. The minimum atomic E-state index is -0.247. The van der Waals surface area contributed by atoms with Gasteiger partial charge in [0.1, 0.15) is 5.56 Å². The van der Waals surface area contributed by atoms with Crippen LogP contribution >= 0.6 is 0 Å². The van der Waals surface area contributed by atoms with Crippen LogP contribution in [0.25, 0.3) is 5.65 Å². The molecule has 0 aliphatic rings. The summed E-state index contributed by atoms with van der Waals surface area (Å²) in [4.78, 5) is 27.1. The predicted molar refractivity (Wildman–Crippen MR) is 73.5 cm³/mol. The maximum atomic E-state index is 12.1. The van der Waals surface area contributed by atoms with Gasteiger partial charge in [-0.15, -0.1) is 0 Å². The minimum Gasteiger partial charge on any atom is -0.355 e. The number of rotatable bonds is 4. The van der Waals surface area contributed by atoms with Crippen molar-refractivity contribution in [1.82, 2.24) is 25.2 Å². The second kappa shape index (κ2) is 5.68. The highest BCUT2D eigenvalue weighted by atomic mass is 16.2. The number of carbonyl (C=O) groups is 2. The van der Waals surface area contributed by atoms with E-state index >= 15 is 0 Å². The normalized spacial score (nSPS) is 10.6. The van der Waals surface area contributed by atoms with E-state index in [9.17, 15) is 9.59 Å². The zero-order valence-corrected chi connectivity index (χ0v) is 11.7. The maximum Gasteiger partial charge on any atom is 0.256 e. The Morgan fingerprint density at radius 1 is 1.25 bits per heavy atom. The molecule has 106 valence electrons. The molecule has 2 N–H and O–H groups in total. The quantitative estimate of drug-likeness (QED) is 0.781. The van der Waals surface area contributed by atoms with Crippen LogP contribution < -0.4 is 10.6 Å². The van der Waals surface area contributed by atoms with E-state index < -0.39 is 0 Å². The van der Waals surface area contributed by atoms with Crippen molar-refractivity contribution in [2.24, 2.45) is 0 Å². The average Bonchev–Trinajstić information content (AvgIpc) is 2.78. The molecule has 2 amide bonds. The summed E-state index contributed by atoms with van der Waals surface area (Å²) in [6, 6.07) is 1.90. The van der Waals surface area contributed by atoms with Crippen LogP contribution in [0.5, 0.6) is 0 Å². The Morgan fingerprint density at radius 3 is 2.65 bits per heavy atom. The van der Waals surface area contributed by atoms with Crippen LogP contribution in [0.15, 0.2) is 12.3 Å². The molecule has 0 spiro atoms. The van der Waals surface area contributed by atoms with E-state index in [0.717, 1.165) is 11.4 Å². The van der Waals surface area contributed by atoms with Gasteiger partial charge < -0.3 is 10.6 Å². The van der Waals surface area contributed by atoms with Crippen LogP contribution in [0.1, 0.15) is 28.7 Å². The van der Waals surface area contributed by atoms with Gasteiger partial charge >= 0.3 is 0 Å². The van der Waals surface area contributed by atoms with Gasteiger partial charge in [0.05, 0.1) is 6.20 Å². The van der Waals surface area contributed by atoms with E-state index in [1.54, 1.807) is 4.52 Å². The number of hydrogen-bond acceptors (Lipinski definition) is 4. The van der Waals surface area contributed by atoms with Crippen LogP contribution in [-0.2, 0) is 4.79 Å². The number of fused-ring (bicyclic) bond motifs is 1. The lowest BCUT2D eigenvalue weighted by molar-refractivity contribution is -0.118. The summed E-state index contributed by atoms with van der Waals surface area (Å²) in [7, 11) is 0. The Kier molecular flexibility index (Phi) is 3.97. The van der Waals surface area contributed by atoms with Gasteiger partial charge in [0.15, 0.2) is 5.65 Å². The summed E-state index contributed by atoms with van der Waals surface area (Å²) >= 11 is 0. The first-order valence-corrected chi connectivity index (χ1v) is 6.33. The number of nitrogens with one attached hydrogen (secondary N) is 2. The van der Waals surface area contributed by atoms with Gasteiger partial charge in [-0.3, -0.25) is 9.59 Å². The number of aromatic nitrogens is 3. The lowest BCUT2D eigenvalue weighted by Crippen LogP contribution is -2.33. The molecule has 2 heterocycles. The number of carbonyl (C=O) groups excluding carboxylic acids is 2. The van der Waals surface area contributed by atoms with Gasteiger partial charge in [-0.05, 0) is 19.9 Å². The number of amides is 2. The second-order valence-electron chi connectivity index (χ2n) is 4.57. The van der Waals surface area contributed by atoms with Gasteiger partial charge in [0.2, 0.25) is 5.91 Å². The summed E-state index contributed by atoms with van der Waals surface area (Å²) in [5.74, 6) is -0.369. The van der Waals surface area contributed by atoms with Gasteiger partial charge in [-0.25, -0.2) is 9.50 Å². The molecule has 2 aromatic heterocycles. The molecule has 0 unspecified atom stereocenters. The molecule has 0 aromatic carbocycles. The summed E-state index contributed by atoms with van der Waals surface area (Å²) in [5.41, 5.74) is 2.73. The Balaban J connectivity index is 2.12. The molecule has 2 rings (SSSR count). The Morgan fingerprint density at radius 2 is 1.95 bits per heavy atom. The van der Waals surface area contributed by atoms with Gasteiger partial charge in [0.25, 0.3) is 5.91 Å². The molecule has 0 atom stereocenters. The summed E-state index contributed by atoms with van der Waals surface area (Å²) in [6.45, 7) is 5.97. The van der Waals surface area contributed by atoms with E-state index in [2.05, 4.69) is 20.7 Å². The average molecular weight is 275 g/mol. The first kappa shape index (κ1) is 14.0. The number of aryl methyl sites for hydroxylation is 2. The first-order valence-electron chi connectivity index (χ1n) is 6.33. The Labute approximate surface area is 116 Å². The fourth-order valence-corrected chi connectivity index (χ4v) is 1.94. The number of hydrogen-bond donors (Lipinski definition) is 2. The predicted octanol–water partition coefficient (Wildman–Crippen LogP) is 0.212. The molecule has 0 fully saturated rings. The van der Waals surface area contributed by atoms with E-state index in [1.807, 2.05) is 19.9 Å². The van der Waals surface area contributed by atoms with Gasteiger partial charge in [0, 0.05) is 31.4 Å². The minimum absolute atomic E-state index is 0.122. The highest BCUT2D eigenvalue weighted by Crippen LogP contribution is 2.11. The van der Waals surface area contributed by atoms with E-state index in [0.29, 0.717) is 24.3 Å². The van der Waals surface area contributed by atoms with Crippen LogP contribution in [-0.4, -0.2) is 39.5 Å². The highest BCUT2D eigenvalue weighted by molar-refractivity contribution is 5.99. The largest absolute Gasteiger partial charge is 0.355 e. The third-order valence-electron chi connectivity index (χ3n) is 2.81. The zero-order chi connectivity index (χ0) is 14.7. The standard InChI is InChI=1S/C13H17N5O2/c1-8-6-9(2)18-12(17-8)11(7-16-18)13(20)15-5-4-14-10(3)19/h6-7H,4-5H2,1-3H3,(H,14,19)(H,15,20). The zero-order valence-electron chi connectivity index (χ0n) is 11.7. The molecule has 7 nitrogen and oxygen atoms in total. The number of nitrogens with zero attached hydrogens (tertiary/aromatic N) is 3. The van der Waals surface area contributed by atoms with Crippen molar-refractivity contribution >= 4 is 17.5 Å². The Bertz CT molecular complexity index is 662. The molecule has 0 saturated carbocycles. The van der Waals surface area contributed by atoms with Crippen LogP contribution in [0.4, 0.5) is 0 Å². The molecule has 0 bridgehead atoms. The van der Waals surface area contributed by atoms with E-state index in [4.69, 9.17) is 0 Å². The van der Waals surface area contributed by atoms with Crippen LogP contribution in [0, 0.1) is 13.8 Å². The SMILES string of the molecule is CC(=O)NCCNC(=O)c1cnn2c(C)cc(C)nc12. The molecule has 0 saturated heterocycles. The molecule has 7 heteroatoms. The molecule has 0 radical (unpaired) electrons. The lowest BCUT2D eigenvalue weighted by Gasteiger charge is -2.05. The summed E-state index contributed by atoms with van der Waals surface area (Å²) in [6.07, 6.45) is 1.50. The van der Waals surface area contributed by atoms with Crippen molar-refractivity contribution in [1.29, 1.82) is 0 Å². The summed E-state index contributed by atoms with van der Waals surface area (Å²) in [5, 5.41) is 9.50. The Hall–Kier alpha value is -2.44. The van der Waals surface area contributed by atoms with Crippen molar-refractivity contribution in [3.63, 3.8) is 0 Å². The van der Waals surface area contributed by atoms with Crippen molar-refractivity contribution in [2.75, 3.05) is 13.1 Å². The molecular weight excluding hydrogens is 258 g/mol. The van der Waals surface area contributed by atoms with Crippen LogP contribution in [0.2, 0.25) is 0 Å².